The number of hydrogen-bond acceptors (Lipinski definition) is 2. The van der Waals surface area contributed by atoms with E-state index in [1.807, 2.05) is 25.1 Å². The van der Waals surface area contributed by atoms with E-state index < -0.39 is 5.82 Å². The first-order valence-corrected chi connectivity index (χ1v) is 7.18. The van der Waals surface area contributed by atoms with Crippen LogP contribution in [0, 0.1) is 12.7 Å². The maximum absolute atomic E-state index is 13.5. The van der Waals surface area contributed by atoms with Gasteiger partial charge in [0.2, 0.25) is 5.91 Å². The monoisotopic (exact) mass is 351 g/mol. The minimum absolute atomic E-state index is 0.168. The molecule has 0 saturated heterocycles. The van der Waals surface area contributed by atoms with Crippen LogP contribution in [-0.2, 0) is 11.2 Å². The molecule has 0 fully saturated rings. The van der Waals surface area contributed by atoms with E-state index in [2.05, 4.69) is 21.2 Å². The number of carbonyl (C=O) groups excluding carboxylic acids is 1. The average Bonchev–Trinajstić information content (AvgIpc) is 2.45. The zero-order chi connectivity index (χ0) is 15.4. The van der Waals surface area contributed by atoms with E-state index in [0.717, 1.165) is 11.1 Å². The van der Waals surface area contributed by atoms with Crippen molar-refractivity contribution in [1.29, 1.82) is 0 Å². The fraction of sp³-hybridized carbons (Fsp3) is 0.188. The van der Waals surface area contributed by atoms with Crippen molar-refractivity contribution in [2.45, 2.75) is 13.3 Å². The molecule has 2 aromatic rings. The molecule has 2 aromatic carbocycles. The molecule has 0 atom stereocenters. The summed E-state index contributed by atoms with van der Waals surface area (Å²) in [5.41, 5.74) is 2.04. The van der Waals surface area contributed by atoms with Crippen LogP contribution in [0.2, 0.25) is 0 Å². The lowest BCUT2D eigenvalue weighted by molar-refractivity contribution is -0.115. The Balaban J connectivity index is 2.14. The van der Waals surface area contributed by atoms with Gasteiger partial charge in [0, 0.05) is 11.3 Å². The third-order valence-corrected chi connectivity index (χ3v) is 3.69. The summed E-state index contributed by atoms with van der Waals surface area (Å²) in [6.07, 6.45) is 0.168. The second kappa shape index (κ2) is 6.72. The SMILES string of the molecule is COc1ccccc1CC(=O)Nc1cc(F)c(Br)cc1C. The molecular formula is C16H15BrFNO2. The van der Waals surface area contributed by atoms with Crippen LogP contribution < -0.4 is 10.1 Å². The molecule has 0 spiro atoms. The predicted molar refractivity (Wildman–Crippen MR) is 84.2 cm³/mol. The van der Waals surface area contributed by atoms with Gasteiger partial charge in [-0.1, -0.05) is 18.2 Å². The van der Waals surface area contributed by atoms with Crippen LogP contribution in [0.15, 0.2) is 40.9 Å². The molecular weight excluding hydrogens is 337 g/mol. The van der Waals surface area contributed by atoms with Gasteiger partial charge in [0.1, 0.15) is 11.6 Å². The van der Waals surface area contributed by atoms with Gasteiger partial charge in [-0.3, -0.25) is 4.79 Å². The molecule has 0 aliphatic heterocycles. The highest BCUT2D eigenvalue weighted by molar-refractivity contribution is 9.10. The van der Waals surface area contributed by atoms with Gasteiger partial charge < -0.3 is 10.1 Å². The maximum atomic E-state index is 13.5. The summed E-state index contributed by atoms with van der Waals surface area (Å²) in [5.74, 6) is 0.0314. The molecule has 1 N–H and O–H groups in total. The van der Waals surface area contributed by atoms with Crippen molar-refractivity contribution in [3.63, 3.8) is 0 Å². The van der Waals surface area contributed by atoms with Crippen molar-refractivity contribution in [1.82, 2.24) is 0 Å². The summed E-state index contributed by atoms with van der Waals surface area (Å²) < 4.78 is 19.1. The molecule has 0 aliphatic rings. The molecule has 3 nitrogen and oxygen atoms in total. The molecule has 0 bridgehead atoms. The standard InChI is InChI=1S/C16H15BrFNO2/c1-10-7-12(17)13(18)9-14(10)19-16(20)8-11-5-3-4-6-15(11)21-2/h3-7,9H,8H2,1-2H3,(H,19,20). The Bertz CT molecular complexity index is 673. The van der Waals surface area contributed by atoms with Gasteiger partial charge in [0.25, 0.3) is 0 Å². The predicted octanol–water partition coefficient (Wildman–Crippen LogP) is 4.09. The Labute approximate surface area is 131 Å². The van der Waals surface area contributed by atoms with Crippen molar-refractivity contribution in [3.8, 4) is 5.75 Å². The fourth-order valence-corrected chi connectivity index (χ4v) is 2.46. The van der Waals surface area contributed by atoms with E-state index in [4.69, 9.17) is 4.74 Å². The van der Waals surface area contributed by atoms with Gasteiger partial charge in [-0.05, 0) is 46.6 Å². The van der Waals surface area contributed by atoms with Gasteiger partial charge in [-0.25, -0.2) is 4.39 Å². The number of hydrogen-bond donors (Lipinski definition) is 1. The van der Waals surface area contributed by atoms with Gasteiger partial charge in [0.05, 0.1) is 18.0 Å². The van der Waals surface area contributed by atoms with E-state index in [1.165, 1.54) is 6.07 Å². The number of benzene rings is 2. The van der Waals surface area contributed by atoms with Crippen molar-refractivity contribution in [3.05, 3.63) is 57.8 Å². The second-order valence-electron chi connectivity index (χ2n) is 4.62. The number of rotatable bonds is 4. The first kappa shape index (κ1) is 15.5. The lowest BCUT2D eigenvalue weighted by Crippen LogP contribution is -2.15. The Morgan fingerprint density at radius 2 is 2.05 bits per heavy atom. The summed E-state index contributed by atoms with van der Waals surface area (Å²) in [4.78, 5) is 12.1. The van der Waals surface area contributed by atoms with Gasteiger partial charge >= 0.3 is 0 Å². The smallest absolute Gasteiger partial charge is 0.228 e. The highest BCUT2D eigenvalue weighted by Crippen LogP contribution is 2.24. The molecule has 0 saturated carbocycles. The van der Waals surface area contributed by atoms with E-state index in [0.29, 0.717) is 15.9 Å². The third kappa shape index (κ3) is 3.82. The summed E-state index contributed by atoms with van der Waals surface area (Å²) in [6.45, 7) is 1.81. The van der Waals surface area contributed by atoms with Crippen LogP contribution in [-0.4, -0.2) is 13.0 Å². The minimum atomic E-state index is -0.409. The third-order valence-electron chi connectivity index (χ3n) is 3.08. The first-order chi connectivity index (χ1) is 10.0. The largest absolute Gasteiger partial charge is 0.496 e. The zero-order valence-electron chi connectivity index (χ0n) is 11.7. The molecule has 110 valence electrons. The summed E-state index contributed by atoms with van der Waals surface area (Å²) in [6, 6.07) is 10.2. The van der Waals surface area contributed by atoms with Crippen molar-refractivity contribution < 1.29 is 13.9 Å². The normalized spacial score (nSPS) is 10.3. The van der Waals surface area contributed by atoms with Crippen molar-refractivity contribution in [2.24, 2.45) is 0 Å². The Morgan fingerprint density at radius 1 is 1.33 bits per heavy atom. The maximum Gasteiger partial charge on any atom is 0.228 e. The molecule has 2 rings (SSSR count). The van der Waals surface area contributed by atoms with Crippen LogP contribution >= 0.6 is 15.9 Å². The second-order valence-corrected chi connectivity index (χ2v) is 5.47. The van der Waals surface area contributed by atoms with Crippen molar-refractivity contribution in [2.75, 3.05) is 12.4 Å². The number of aryl methyl sites for hydroxylation is 1. The molecule has 0 aromatic heterocycles. The molecule has 0 aliphatic carbocycles. The van der Waals surface area contributed by atoms with Crippen LogP contribution in [0.3, 0.4) is 0 Å². The highest BCUT2D eigenvalue weighted by Gasteiger charge is 2.11. The number of methoxy groups -OCH3 is 1. The van der Waals surface area contributed by atoms with E-state index in [-0.39, 0.29) is 12.3 Å². The van der Waals surface area contributed by atoms with E-state index in [9.17, 15) is 9.18 Å². The molecule has 0 heterocycles. The number of para-hydroxylation sites is 1. The summed E-state index contributed by atoms with van der Waals surface area (Å²) in [5, 5.41) is 2.72. The fourth-order valence-electron chi connectivity index (χ4n) is 2.00. The minimum Gasteiger partial charge on any atom is -0.496 e. The molecule has 5 heteroatoms. The summed E-state index contributed by atoms with van der Waals surface area (Å²) in [7, 11) is 1.56. The highest BCUT2D eigenvalue weighted by atomic mass is 79.9. The van der Waals surface area contributed by atoms with E-state index in [1.54, 1.807) is 19.2 Å². The Kier molecular flexibility index (Phi) is 4.96. The van der Waals surface area contributed by atoms with Crippen LogP contribution in [0.5, 0.6) is 5.75 Å². The average molecular weight is 352 g/mol. The van der Waals surface area contributed by atoms with Crippen LogP contribution in [0.1, 0.15) is 11.1 Å². The Morgan fingerprint density at radius 3 is 2.76 bits per heavy atom. The number of anilines is 1. The molecule has 0 unspecified atom stereocenters. The number of ether oxygens (including phenoxy) is 1. The number of halogens is 2. The lowest BCUT2D eigenvalue weighted by Gasteiger charge is -2.11. The number of carbonyl (C=O) groups is 1. The van der Waals surface area contributed by atoms with Gasteiger partial charge in [0.15, 0.2) is 0 Å². The van der Waals surface area contributed by atoms with Crippen LogP contribution in [0.25, 0.3) is 0 Å². The summed E-state index contributed by atoms with van der Waals surface area (Å²) >= 11 is 3.11. The number of amides is 1. The number of nitrogens with one attached hydrogen (secondary N) is 1. The van der Waals surface area contributed by atoms with E-state index >= 15 is 0 Å². The Hall–Kier alpha value is -1.88. The quantitative estimate of drug-likeness (QED) is 0.900. The van der Waals surface area contributed by atoms with Gasteiger partial charge in [-0.2, -0.15) is 0 Å². The molecule has 0 radical (unpaired) electrons. The molecule has 1 amide bonds. The first-order valence-electron chi connectivity index (χ1n) is 6.38. The van der Waals surface area contributed by atoms with Gasteiger partial charge in [-0.15, -0.1) is 0 Å². The lowest BCUT2D eigenvalue weighted by atomic mass is 10.1. The molecule has 21 heavy (non-hydrogen) atoms. The topological polar surface area (TPSA) is 38.3 Å². The zero-order valence-corrected chi connectivity index (χ0v) is 13.3. The van der Waals surface area contributed by atoms with Crippen molar-refractivity contribution >= 4 is 27.5 Å². The van der Waals surface area contributed by atoms with Crippen LogP contribution in [0.4, 0.5) is 10.1 Å².